The summed E-state index contributed by atoms with van der Waals surface area (Å²) in [6.45, 7) is 0. The number of carbonyl (C=O) groups excluding carboxylic acids is 1. The Balaban J connectivity index is 1.88. The maximum absolute atomic E-state index is 12.3. The van der Waals surface area contributed by atoms with Crippen molar-refractivity contribution < 1.29 is 4.79 Å². The molecular weight excluding hydrogens is 310 g/mol. The number of nitrogens with zero attached hydrogens (tertiary/aromatic N) is 1. The molecule has 4 nitrogen and oxygen atoms in total. The lowest BCUT2D eigenvalue weighted by atomic mass is 10.2. The van der Waals surface area contributed by atoms with Crippen molar-refractivity contribution in [2.75, 3.05) is 10.6 Å². The van der Waals surface area contributed by atoms with Crippen molar-refractivity contribution in [1.29, 1.82) is 0 Å². The number of hydrogen-bond acceptors (Lipinski definition) is 3. The normalized spacial score (nSPS) is 10.1. The number of pyridine rings is 1. The largest absolute Gasteiger partial charge is 0.353 e. The van der Waals surface area contributed by atoms with Crippen LogP contribution >= 0.6 is 11.6 Å². The van der Waals surface area contributed by atoms with Crippen LogP contribution in [0.2, 0.25) is 5.02 Å². The van der Waals surface area contributed by atoms with Gasteiger partial charge in [-0.15, -0.1) is 0 Å². The van der Waals surface area contributed by atoms with E-state index in [2.05, 4.69) is 15.6 Å². The number of benzene rings is 2. The quantitative estimate of drug-likeness (QED) is 0.729. The van der Waals surface area contributed by atoms with Crippen molar-refractivity contribution in [2.24, 2.45) is 0 Å². The highest BCUT2D eigenvalue weighted by Crippen LogP contribution is 2.33. The summed E-state index contributed by atoms with van der Waals surface area (Å²) < 4.78 is 0. The van der Waals surface area contributed by atoms with Crippen LogP contribution in [-0.4, -0.2) is 10.9 Å². The zero-order chi connectivity index (χ0) is 16.1. The lowest BCUT2D eigenvalue weighted by molar-refractivity contribution is 0.102. The van der Waals surface area contributed by atoms with Gasteiger partial charge in [-0.2, -0.15) is 0 Å². The molecule has 1 heterocycles. The van der Waals surface area contributed by atoms with Gasteiger partial charge in [0, 0.05) is 18.1 Å². The molecule has 2 N–H and O–H groups in total. The van der Waals surface area contributed by atoms with Gasteiger partial charge in [-0.05, 0) is 36.4 Å². The third kappa shape index (κ3) is 3.67. The molecule has 5 heteroatoms. The molecule has 0 spiro atoms. The number of halogens is 1. The van der Waals surface area contributed by atoms with Crippen molar-refractivity contribution >= 4 is 34.6 Å². The molecule has 0 unspecified atom stereocenters. The van der Waals surface area contributed by atoms with E-state index in [1.54, 1.807) is 36.5 Å². The fraction of sp³-hybridized carbons (Fsp3) is 0. The van der Waals surface area contributed by atoms with E-state index in [1.807, 2.05) is 30.3 Å². The number of anilines is 3. The topological polar surface area (TPSA) is 54.0 Å². The molecule has 0 aliphatic carbocycles. The Morgan fingerprint density at radius 1 is 0.957 bits per heavy atom. The number of carbonyl (C=O) groups is 1. The fourth-order valence-corrected chi connectivity index (χ4v) is 2.33. The summed E-state index contributed by atoms with van der Waals surface area (Å²) >= 11 is 6.28. The standard InChI is InChI=1S/C18H14ClN3O/c19-15-9-4-10-16(17(15)21-14-7-2-1-3-8-14)22-18(23)13-6-5-11-20-12-13/h1-12,21H,(H,22,23). The molecule has 0 atom stereocenters. The van der Waals surface area contributed by atoms with E-state index in [1.165, 1.54) is 6.20 Å². The molecule has 114 valence electrons. The second-order valence-corrected chi connectivity index (χ2v) is 5.26. The Hall–Kier alpha value is -2.85. The summed E-state index contributed by atoms with van der Waals surface area (Å²) in [7, 11) is 0. The Morgan fingerprint density at radius 2 is 1.78 bits per heavy atom. The molecule has 0 aliphatic rings. The molecule has 23 heavy (non-hydrogen) atoms. The zero-order valence-corrected chi connectivity index (χ0v) is 12.9. The van der Waals surface area contributed by atoms with Crippen LogP contribution in [0, 0.1) is 0 Å². The summed E-state index contributed by atoms with van der Waals surface area (Å²) in [5.74, 6) is -0.239. The smallest absolute Gasteiger partial charge is 0.257 e. The van der Waals surface area contributed by atoms with E-state index in [9.17, 15) is 4.79 Å². The Kier molecular flexibility index (Phi) is 4.54. The Labute approximate surface area is 139 Å². The van der Waals surface area contributed by atoms with E-state index in [0.29, 0.717) is 22.0 Å². The molecule has 0 bridgehead atoms. The van der Waals surface area contributed by atoms with Crippen LogP contribution in [0.3, 0.4) is 0 Å². The van der Waals surface area contributed by atoms with Gasteiger partial charge in [-0.25, -0.2) is 0 Å². The van der Waals surface area contributed by atoms with Gasteiger partial charge in [-0.3, -0.25) is 9.78 Å². The third-order valence-electron chi connectivity index (χ3n) is 3.23. The van der Waals surface area contributed by atoms with Gasteiger partial charge in [0.05, 0.1) is 22.0 Å². The minimum absolute atomic E-state index is 0.239. The van der Waals surface area contributed by atoms with Gasteiger partial charge < -0.3 is 10.6 Å². The summed E-state index contributed by atoms with van der Waals surface area (Å²) in [6, 6.07) is 18.4. The van der Waals surface area contributed by atoms with Crippen molar-refractivity contribution in [1.82, 2.24) is 4.98 Å². The second kappa shape index (κ2) is 6.94. The highest BCUT2D eigenvalue weighted by molar-refractivity contribution is 6.34. The molecule has 0 aliphatic heterocycles. The van der Waals surface area contributed by atoms with Gasteiger partial charge >= 0.3 is 0 Å². The van der Waals surface area contributed by atoms with Crippen LogP contribution in [0.1, 0.15) is 10.4 Å². The lowest BCUT2D eigenvalue weighted by Crippen LogP contribution is -2.13. The average Bonchev–Trinajstić information content (AvgIpc) is 2.59. The number of hydrogen-bond donors (Lipinski definition) is 2. The van der Waals surface area contributed by atoms with Crippen molar-refractivity contribution in [3.05, 3.63) is 83.6 Å². The molecule has 0 radical (unpaired) electrons. The first-order valence-corrected chi connectivity index (χ1v) is 7.44. The van der Waals surface area contributed by atoms with Gasteiger partial charge in [0.25, 0.3) is 5.91 Å². The van der Waals surface area contributed by atoms with E-state index in [-0.39, 0.29) is 5.91 Å². The maximum atomic E-state index is 12.3. The third-order valence-corrected chi connectivity index (χ3v) is 3.54. The minimum atomic E-state index is -0.239. The van der Waals surface area contributed by atoms with Crippen molar-refractivity contribution in [3.63, 3.8) is 0 Å². The molecule has 3 rings (SSSR count). The van der Waals surface area contributed by atoms with E-state index in [4.69, 9.17) is 11.6 Å². The van der Waals surface area contributed by atoms with Crippen LogP contribution < -0.4 is 10.6 Å². The monoisotopic (exact) mass is 323 g/mol. The first kappa shape index (κ1) is 15.1. The first-order chi connectivity index (χ1) is 11.2. The summed E-state index contributed by atoms with van der Waals surface area (Å²) in [4.78, 5) is 16.3. The molecule has 3 aromatic rings. The van der Waals surface area contributed by atoms with Crippen LogP contribution in [-0.2, 0) is 0 Å². The van der Waals surface area contributed by atoms with Crippen molar-refractivity contribution in [2.45, 2.75) is 0 Å². The molecular formula is C18H14ClN3O. The van der Waals surface area contributed by atoms with Crippen LogP contribution in [0.4, 0.5) is 17.1 Å². The number of amides is 1. The summed E-state index contributed by atoms with van der Waals surface area (Å²) in [5, 5.41) is 6.62. The molecule has 1 amide bonds. The Bertz CT molecular complexity index is 807. The Morgan fingerprint density at radius 3 is 2.52 bits per heavy atom. The van der Waals surface area contributed by atoms with Crippen molar-refractivity contribution in [3.8, 4) is 0 Å². The lowest BCUT2D eigenvalue weighted by Gasteiger charge is -2.14. The molecule has 1 aromatic heterocycles. The zero-order valence-electron chi connectivity index (χ0n) is 12.2. The van der Waals surface area contributed by atoms with E-state index >= 15 is 0 Å². The molecule has 0 fully saturated rings. The maximum Gasteiger partial charge on any atom is 0.257 e. The molecule has 0 saturated carbocycles. The SMILES string of the molecule is O=C(Nc1cccc(Cl)c1Nc1ccccc1)c1cccnc1. The molecule has 2 aromatic carbocycles. The average molecular weight is 324 g/mol. The van der Waals surface area contributed by atoms with Crippen LogP contribution in [0.15, 0.2) is 73.1 Å². The van der Waals surface area contributed by atoms with Gasteiger partial charge in [-0.1, -0.05) is 35.9 Å². The van der Waals surface area contributed by atoms with E-state index < -0.39 is 0 Å². The number of nitrogens with one attached hydrogen (secondary N) is 2. The predicted octanol–water partition coefficient (Wildman–Crippen LogP) is 4.73. The van der Waals surface area contributed by atoms with Crippen LogP contribution in [0.25, 0.3) is 0 Å². The molecule has 0 saturated heterocycles. The fourth-order valence-electron chi connectivity index (χ4n) is 2.11. The van der Waals surface area contributed by atoms with E-state index in [0.717, 1.165) is 5.69 Å². The summed E-state index contributed by atoms with van der Waals surface area (Å²) in [6.07, 6.45) is 3.14. The minimum Gasteiger partial charge on any atom is -0.353 e. The predicted molar refractivity (Wildman–Crippen MR) is 93.4 cm³/mol. The van der Waals surface area contributed by atoms with Gasteiger partial charge in [0.1, 0.15) is 0 Å². The van der Waals surface area contributed by atoms with Gasteiger partial charge in [0.15, 0.2) is 0 Å². The number of para-hydroxylation sites is 2. The number of rotatable bonds is 4. The highest BCUT2D eigenvalue weighted by atomic mass is 35.5. The second-order valence-electron chi connectivity index (χ2n) is 4.85. The summed E-state index contributed by atoms with van der Waals surface area (Å²) in [5.41, 5.74) is 2.63. The van der Waals surface area contributed by atoms with Gasteiger partial charge in [0.2, 0.25) is 0 Å². The first-order valence-electron chi connectivity index (χ1n) is 7.06. The van der Waals surface area contributed by atoms with Crippen LogP contribution in [0.5, 0.6) is 0 Å². The highest BCUT2D eigenvalue weighted by Gasteiger charge is 2.12. The number of aromatic nitrogens is 1.